The molecule has 0 aromatic carbocycles. The fourth-order valence-electron chi connectivity index (χ4n) is 0.0815. The first-order valence-corrected chi connectivity index (χ1v) is 14.2. The van der Waals surface area contributed by atoms with E-state index in [4.69, 9.17) is 4.55 Å². The first kappa shape index (κ1) is 14.2. The number of hydrogen-bond donors (Lipinski definition) is 2. The Morgan fingerprint density at radius 3 is 2.09 bits per heavy atom. The van der Waals surface area contributed by atoms with Crippen LogP contribution in [0.2, 0.25) is 0 Å². The second-order valence-corrected chi connectivity index (χ2v) is 18.7. The lowest BCUT2D eigenvalue weighted by atomic mass is 15.9. The lowest BCUT2D eigenvalue weighted by Crippen LogP contribution is -1.77. The third-order valence-electron chi connectivity index (χ3n) is 0.228. The molecule has 0 amide bonds. The molecule has 11 heteroatoms. The van der Waals surface area contributed by atoms with Crippen LogP contribution in [0.4, 0.5) is 0 Å². The van der Waals surface area contributed by atoms with Gasteiger partial charge in [-0.1, -0.05) is 11.7 Å². The molecule has 0 aliphatic heterocycles. The molecule has 0 rings (SSSR count). The van der Waals surface area contributed by atoms with Gasteiger partial charge >= 0.3 is 0 Å². The van der Waals surface area contributed by atoms with Crippen LogP contribution < -0.4 is 0 Å². The van der Waals surface area contributed by atoms with E-state index in [1.54, 1.807) is 19.7 Å². The minimum Gasteiger partial charge on any atom is -0.317 e. The summed E-state index contributed by atoms with van der Waals surface area (Å²) in [7, 11) is 8.59. The Bertz CT molecular complexity index is 163. The topological polar surface area (TPSA) is 20.2 Å². The van der Waals surface area contributed by atoms with Crippen LogP contribution in [0, 0.1) is 0 Å². The van der Waals surface area contributed by atoms with Crippen molar-refractivity contribution in [2.24, 2.45) is 0 Å². The standard InChI is InChI=1S/H2OS10/c1-11(3,4)10-9-8-7-6-5-2/h2H,(H,1,3,4). The highest BCUT2D eigenvalue weighted by Crippen LogP contribution is 2.54. The van der Waals surface area contributed by atoms with Gasteiger partial charge in [-0.3, -0.25) is 0 Å². The van der Waals surface area contributed by atoms with Crippen molar-refractivity contribution in [3.05, 3.63) is 0 Å². The summed E-state index contributed by atoms with van der Waals surface area (Å²) in [4.78, 5) is 0. The minimum atomic E-state index is -2.23. The molecule has 0 fully saturated rings. The summed E-state index contributed by atoms with van der Waals surface area (Å²) < 4.78 is 8.98. The van der Waals surface area contributed by atoms with E-state index in [1.807, 2.05) is 0 Å². The number of hydrogen-bond acceptors (Lipinski definition) is 9. The minimum absolute atomic E-state index is 1.16. The zero-order valence-corrected chi connectivity index (χ0v) is 12.8. The first-order valence-electron chi connectivity index (χ1n) is 1.70. The van der Waals surface area contributed by atoms with E-state index >= 15 is 0 Å². The molecule has 0 atom stereocenters. The third kappa shape index (κ3) is 13.2. The van der Waals surface area contributed by atoms with Crippen molar-refractivity contribution in [1.29, 1.82) is 0 Å². The van der Waals surface area contributed by atoms with Crippen LogP contribution in [0.3, 0.4) is 0 Å². The molecule has 0 unspecified atom stereocenters. The summed E-state index contributed by atoms with van der Waals surface area (Å²) in [6, 6.07) is 0. The van der Waals surface area contributed by atoms with Crippen molar-refractivity contribution in [2.45, 2.75) is 0 Å². The van der Waals surface area contributed by atoms with Gasteiger partial charge in [0, 0.05) is 29.5 Å². The molecule has 0 saturated carbocycles. The summed E-state index contributed by atoms with van der Waals surface area (Å²) in [6.07, 6.45) is 0. The number of thiol groups is 1. The quantitative estimate of drug-likeness (QED) is 0.417. The summed E-state index contributed by atoms with van der Waals surface area (Å²) in [6.45, 7) is -2.23. The van der Waals surface area contributed by atoms with E-state index < -0.39 is 6.46 Å². The molecule has 0 heterocycles. The zero-order valence-electron chi connectivity index (χ0n) is 4.57. The van der Waals surface area contributed by atoms with Crippen molar-refractivity contribution >= 4 is 99.5 Å². The van der Waals surface area contributed by atoms with E-state index in [2.05, 4.69) is 34.0 Å². The molecule has 1 N–H and O–H groups in total. The first-order chi connectivity index (χ1) is 5.06. The lowest BCUT2D eigenvalue weighted by molar-refractivity contribution is 0.668. The largest absolute Gasteiger partial charge is 0.317 e. The van der Waals surface area contributed by atoms with Crippen molar-refractivity contribution in [1.82, 2.24) is 0 Å². The van der Waals surface area contributed by atoms with Gasteiger partial charge in [0.1, 0.15) is 0 Å². The highest BCUT2D eigenvalue weighted by Gasteiger charge is 1.98. The Hall–Kier alpha value is 3.20. The maximum Gasteiger partial charge on any atom is 0.0795 e. The molecule has 0 aliphatic rings. The van der Waals surface area contributed by atoms with Crippen LogP contribution >= 0.6 is 70.6 Å². The van der Waals surface area contributed by atoms with Crippen LogP contribution in [0.15, 0.2) is 0 Å². The van der Waals surface area contributed by atoms with Crippen LogP contribution in [0.5, 0.6) is 0 Å². The van der Waals surface area contributed by atoms with Gasteiger partial charge in [0.2, 0.25) is 0 Å². The van der Waals surface area contributed by atoms with Gasteiger partial charge in [-0.2, -0.15) is 0 Å². The molecule has 0 radical (unpaired) electrons. The van der Waals surface area contributed by atoms with Crippen molar-refractivity contribution in [3.63, 3.8) is 0 Å². The molecule has 0 spiro atoms. The van der Waals surface area contributed by atoms with Gasteiger partial charge < -0.3 is 4.55 Å². The van der Waals surface area contributed by atoms with Gasteiger partial charge in [0.25, 0.3) is 0 Å². The summed E-state index contributed by atoms with van der Waals surface area (Å²) in [5.74, 6) is 0. The molecule has 0 aliphatic carbocycles. The molecule has 0 aromatic heterocycles. The fraction of sp³-hybridized carbons (Fsp3) is 0. The van der Waals surface area contributed by atoms with E-state index in [0.29, 0.717) is 0 Å². The molecule has 1 nitrogen and oxygen atoms in total. The number of rotatable bonds is 6. The molecular formula is H2OS10. The summed E-state index contributed by atoms with van der Waals surface area (Å²) >= 11 is 13.1. The Kier molecular flexibility index (Phi) is 11.0. The highest BCUT2D eigenvalue weighted by molar-refractivity contribution is 9.49. The predicted octanol–water partition coefficient (Wildman–Crippen LogP) is 4.27. The zero-order chi connectivity index (χ0) is 8.74. The highest BCUT2D eigenvalue weighted by atomic mass is 34.0. The SMILES string of the molecule is OS(=S)(=S)SSSSSSS. The molecule has 68 valence electrons. The average molecular weight is 339 g/mol. The van der Waals surface area contributed by atoms with E-state index in [1.165, 1.54) is 29.5 Å². The predicted molar refractivity (Wildman–Crippen MR) is 79.3 cm³/mol. The Morgan fingerprint density at radius 2 is 1.64 bits per heavy atom. The van der Waals surface area contributed by atoms with E-state index in [-0.39, 0.29) is 0 Å². The molecular weight excluding hydrogens is 337 g/mol. The summed E-state index contributed by atoms with van der Waals surface area (Å²) in [5.41, 5.74) is 0. The molecule has 0 aromatic rings. The van der Waals surface area contributed by atoms with Crippen LogP contribution in [-0.4, -0.2) is 4.55 Å². The van der Waals surface area contributed by atoms with Crippen LogP contribution in [0.25, 0.3) is 0 Å². The van der Waals surface area contributed by atoms with Gasteiger partial charge in [0.15, 0.2) is 0 Å². The maximum atomic E-state index is 8.98. The molecule has 0 bridgehead atoms. The monoisotopic (exact) mass is 338 g/mol. The summed E-state index contributed by atoms with van der Waals surface area (Å²) in [5, 5.41) is 0. The molecule has 11 heavy (non-hydrogen) atoms. The Labute approximate surface area is 102 Å². The maximum absolute atomic E-state index is 8.98. The smallest absolute Gasteiger partial charge is 0.0795 e. The second-order valence-electron chi connectivity index (χ2n) is 0.842. The van der Waals surface area contributed by atoms with E-state index in [0.717, 1.165) is 9.83 Å². The average Bonchev–Trinajstić information content (AvgIpc) is 1.85. The Morgan fingerprint density at radius 1 is 1.09 bits per heavy atom. The second kappa shape index (κ2) is 8.50. The van der Waals surface area contributed by atoms with E-state index in [9.17, 15) is 0 Å². The third-order valence-corrected chi connectivity index (χ3v) is 16.8. The van der Waals surface area contributed by atoms with Crippen molar-refractivity contribution in [2.75, 3.05) is 0 Å². The lowest BCUT2D eigenvalue weighted by Gasteiger charge is -1.97. The normalized spacial score (nSPS) is 11.8. The van der Waals surface area contributed by atoms with Gasteiger partial charge in [-0.25, -0.2) is 0 Å². The fourth-order valence-corrected chi connectivity index (χ4v) is 17.8. The van der Waals surface area contributed by atoms with Gasteiger partial charge in [0.05, 0.1) is 6.46 Å². The van der Waals surface area contributed by atoms with Crippen molar-refractivity contribution < 1.29 is 4.55 Å². The van der Waals surface area contributed by atoms with Crippen LogP contribution in [0.1, 0.15) is 0 Å². The van der Waals surface area contributed by atoms with Crippen molar-refractivity contribution in [3.8, 4) is 0 Å². The Balaban J connectivity index is 3.16. The van der Waals surface area contributed by atoms with Crippen LogP contribution in [-0.2, 0) is 28.8 Å². The molecule has 0 saturated heterocycles. The van der Waals surface area contributed by atoms with Gasteiger partial charge in [-0.15, -0.1) is 0 Å². The van der Waals surface area contributed by atoms with Gasteiger partial charge in [-0.05, 0) is 51.9 Å².